The van der Waals surface area contributed by atoms with Crippen LogP contribution in [0.5, 0.6) is 17.2 Å². The van der Waals surface area contributed by atoms with Crippen molar-refractivity contribution in [3.63, 3.8) is 0 Å². The number of aromatic hydroxyl groups is 2. The van der Waals surface area contributed by atoms with Gasteiger partial charge in [-0.15, -0.1) is 0 Å². The van der Waals surface area contributed by atoms with Crippen molar-refractivity contribution in [1.82, 2.24) is 0 Å². The van der Waals surface area contributed by atoms with E-state index in [4.69, 9.17) is 14.3 Å². The number of phenols is 1. The van der Waals surface area contributed by atoms with Gasteiger partial charge in [-0.2, -0.15) is 0 Å². The van der Waals surface area contributed by atoms with E-state index in [0.29, 0.717) is 5.56 Å². The highest BCUT2D eigenvalue weighted by atomic mass is 16.5. The number of carbonyl (C=O) groups is 1. The Morgan fingerprint density at radius 1 is 1.06 bits per heavy atom. The largest absolute Gasteiger partial charge is 0.507 e. The summed E-state index contributed by atoms with van der Waals surface area (Å²) in [7, 11) is 0. The predicted octanol–water partition coefficient (Wildman–Crippen LogP) is 4.61. The summed E-state index contributed by atoms with van der Waals surface area (Å²) < 4.78 is 10.4. The Labute approximate surface area is 184 Å². The summed E-state index contributed by atoms with van der Waals surface area (Å²) in [6.07, 6.45) is 3.91. The molecule has 3 aromatic rings. The second-order valence-corrected chi connectivity index (χ2v) is 7.27. The smallest absolute Gasteiger partial charge is 0.343 e. The predicted molar refractivity (Wildman–Crippen MR) is 120 cm³/mol. The number of carboxylic acid groups (broad SMARTS) is 1. The van der Waals surface area contributed by atoms with Crippen molar-refractivity contribution in [3.8, 4) is 28.6 Å². The van der Waals surface area contributed by atoms with Gasteiger partial charge in [-0.1, -0.05) is 55.3 Å². The lowest BCUT2D eigenvalue weighted by molar-refractivity contribution is -0.139. The highest BCUT2D eigenvalue weighted by molar-refractivity contribution is 5.69. The van der Waals surface area contributed by atoms with Gasteiger partial charge in [0.15, 0.2) is 18.1 Å². The summed E-state index contributed by atoms with van der Waals surface area (Å²) in [5, 5.41) is 29.3. The summed E-state index contributed by atoms with van der Waals surface area (Å²) in [5.41, 5.74) is 1.83. The van der Waals surface area contributed by atoms with Crippen LogP contribution >= 0.6 is 0 Å². The van der Waals surface area contributed by atoms with Crippen LogP contribution in [0.2, 0.25) is 0 Å². The highest BCUT2D eigenvalue weighted by Gasteiger charge is 2.16. The Balaban J connectivity index is 1.88. The van der Waals surface area contributed by atoms with Crippen LogP contribution < -0.4 is 10.4 Å². The van der Waals surface area contributed by atoms with Gasteiger partial charge < -0.3 is 24.5 Å². The van der Waals surface area contributed by atoms with E-state index in [1.54, 1.807) is 0 Å². The maximum Gasteiger partial charge on any atom is 0.343 e. The standard InChI is InChI=1S/C25H24O7/c1-2-6-17(11-16-7-4-3-5-8-16)12-19-20(26)14-23(32-25(19)30)18-9-10-22(21(27)13-18)31-15-24(28)29/h3-5,7-11,13-14,26-27H,2,6,12,15H2,1H3,(H,28,29). The van der Waals surface area contributed by atoms with Crippen LogP contribution in [0.3, 0.4) is 0 Å². The van der Waals surface area contributed by atoms with E-state index in [-0.39, 0.29) is 35.0 Å². The number of hydrogen-bond acceptors (Lipinski definition) is 6. The molecule has 0 saturated heterocycles. The number of phenolic OH excluding ortho intramolecular Hbond substituents is 1. The third-order valence-electron chi connectivity index (χ3n) is 4.77. The molecule has 2 aromatic carbocycles. The molecule has 0 unspecified atom stereocenters. The molecule has 0 radical (unpaired) electrons. The van der Waals surface area contributed by atoms with Crippen LogP contribution in [-0.2, 0) is 11.2 Å². The number of carboxylic acids is 1. The highest BCUT2D eigenvalue weighted by Crippen LogP contribution is 2.33. The van der Waals surface area contributed by atoms with Crippen molar-refractivity contribution in [1.29, 1.82) is 0 Å². The monoisotopic (exact) mass is 436 g/mol. The minimum Gasteiger partial charge on any atom is -0.507 e. The Morgan fingerprint density at radius 2 is 1.81 bits per heavy atom. The number of aliphatic carboxylic acids is 1. The van der Waals surface area contributed by atoms with Gasteiger partial charge in [0, 0.05) is 18.1 Å². The molecule has 0 bridgehead atoms. The molecular formula is C25H24O7. The zero-order valence-corrected chi connectivity index (χ0v) is 17.6. The molecule has 0 saturated carbocycles. The average Bonchev–Trinajstić information content (AvgIpc) is 2.76. The fourth-order valence-electron chi connectivity index (χ4n) is 3.29. The second kappa shape index (κ2) is 10.3. The Morgan fingerprint density at radius 3 is 2.44 bits per heavy atom. The SMILES string of the molecule is CCCC(=Cc1ccccc1)Cc1c(O)cc(-c2ccc(OCC(=O)O)c(O)c2)oc1=O. The van der Waals surface area contributed by atoms with E-state index in [1.807, 2.05) is 43.3 Å². The summed E-state index contributed by atoms with van der Waals surface area (Å²) in [6.45, 7) is 1.44. The number of ether oxygens (including phenoxy) is 1. The molecule has 3 N–H and O–H groups in total. The minimum absolute atomic E-state index is 0.0189. The molecule has 0 spiro atoms. The zero-order valence-electron chi connectivity index (χ0n) is 17.6. The molecule has 0 aliphatic heterocycles. The molecule has 1 aromatic heterocycles. The molecule has 0 aliphatic carbocycles. The minimum atomic E-state index is -1.18. The maximum atomic E-state index is 12.6. The summed E-state index contributed by atoms with van der Waals surface area (Å²) >= 11 is 0. The van der Waals surface area contributed by atoms with E-state index in [2.05, 4.69) is 0 Å². The van der Waals surface area contributed by atoms with Crippen molar-refractivity contribution in [2.45, 2.75) is 26.2 Å². The van der Waals surface area contributed by atoms with Crippen LogP contribution in [0, 0.1) is 0 Å². The molecule has 1 heterocycles. The first kappa shape index (κ1) is 22.7. The van der Waals surface area contributed by atoms with Crippen molar-refractivity contribution in [2.24, 2.45) is 0 Å². The van der Waals surface area contributed by atoms with Crippen LogP contribution in [0.15, 0.2) is 69.4 Å². The topological polar surface area (TPSA) is 117 Å². The molecule has 3 rings (SSSR count). The van der Waals surface area contributed by atoms with Crippen LogP contribution in [0.25, 0.3) is 17.4 Å². The molecular weight excluding hydrogens is 412 g/mol. The van der Waals surface area contributed by atoms with Gasteiger partial charge in [-0.3, -0.25) is 0 Å². The molecule has 166 valence electrons. The lowest BCUT2D eigenvalue weighted by Gasteiger charge is -2.10. The van der Waals surface area contributed by atoms with Crippen molar-refractivity contribution in [3.05, 3.63) is 81.7 Å². The van der Waals surface area contributed by atoms with Gasteiger partial charge in [-0.25, -0.2) is 9.59 Å². The van der Waals surface area contributed by atoms with E-state index in [0.717, 1.165) is 24.0 Å². The van der Waals surface area contributed by atoms with Crippen LogP contribution in [-0.4, -0.2) is 27.9 Å². The van der Waals surface area contributed by atoms with Gasteiger partial charge in [0.1, 0.15) is 11.5 Å². The Kier molecular flexibility index (Phi) is 7.33. The first-order chi connectivity index (χ1) is 15.4. The van der Waals surface area contributed by atoms with E-state index in [9.17, 15) is 19.8 Å². The van der Waals surface area contributed by atoms with Gasteiger partial charge in [-0.05, 0) is 30.2 Å². The average molecular weight is 436 g/mol. The molecule has 0 fully saturated rings. The first-order valence-electron chi connectivity index (χ1n) is 10.2. The van der Waals surface area contributed by atoms with Gasteiger partial charge >= 0.3 is 11.6 Å². The fraction of sp³-hybridized carbons (Fsp3) is 0.200. The number of hydrogen-bond donors (Lipinski definition) is 3. The van der Waals surface area contributed by atoms with E-state index >= 15 is 0 Å². The molecule has 0 atom stereocenters. The lowest BCUT2D eigenvalue weighted by Crippen LogP contribution is -2.10. The third-order valence-corrected chi connectivity index (χ3v) is 4.77. The van der Waals surface area contributed by atoms with Crippen LogP contribution in [0.1, 0.15) is 30.9 Å². The van der Waals surface area contributed by atoms with Crippen molar-refractivity contribution < 1.29 is 29.3 Å². The molecule has 7 nitrogen and oxygen atoms in total. The number of allylic oxidation sites excluding steroid dienone is 1. The number of benzene rings is 2. The summed E-state index contributed by atoms with van der Waals surface area (Å²) in [5.74, 6) is -1.64. The quantitative estimate of drug-likeness (QED) is 0.448. The lowest BCUT2D eigenvalue weighted by atomic mass is 9.99. The molecule has 0 amide bonds. The Hall–Kier alpha value is -4.00. The van der Waals surface area contributed by atoms with E-state index < -0.39 is 18.2 Å². The van der Waals surface area contributed by atoms with Gasteiger partial charge in [0.05, 0.1) is 5.56 Å². The molecule has 0 aliphatic rings. The van der Waals surface area contributed by atoms with Crippen molar-refractivity contribution >= 4 is 12.0 Å². The van der Waals surface area contributed by atoms with Crippen LogP contribution in [0.4, 0.5) is 0 Å². The summed E-state index contributed by atoms with van der Waals surface area (Å²) in [6, 6.07) is 15.2. The Bertz CT molecular complexity index is 1180. The normalized spacial score (nSPS) is 11.3. The first-order valence-corrected chi connectivity index (χ1v) is 10.2. The third kappa shape index (κ3) is 5.78. The van der Waals surface area contributed by atoms with Crippen molar-refractivity contribution in [2.75, 3.05) is 6.61 Å². The molecule has 32 heavy (non-hydrogen) atoms. The zero-order chi connectivity index (χ0) is 23.1. The second-order valence-electron chi connectivity index (χ2n) is 7.27. The molecule has 7 heteroatoms. The summed E-state index contributed by atoms with van der Waals surface area (Å²) in [4.78, 5) is 23.3. The van der Waals surface area contributed by atoms with E-state index in [1.165, 1.54) is 24.3 Å². The number of rotatable bonds is 9. The fourth-order valence-corrected chi connectivity index (χ4v) is 3.29. The van der Waals surface area contributed by atoms with Gasteiger partial charge in [0.2, 0.25) is 0 Å². The maximum absolute atomic E-state index is 12.6. The van der Waals surface area contributed by atoms with Gasteiger partial charge in [0.25, 0.3) is 0 Å².